The molecule has 96 valence electrons. The maximum absolute atomic E-state index is 11.9. The molecule has 2 aromatic rings. The predicted octanol–water partition coefficient (Wildman–Crippen LogP) is 2.64. The molecule has 0 saturated heterocycles. The van der Waals surface area contributed by atoms with E-state index in [2.05, 4.69) is 20.5 Å². The van der Waals surface area contributed by atoms with Crippen LogP contribution in [0.15, 0.2) is 12.1 Å². The average Bonchev–Trinajstić information content (AvgIpc) is 2.57. The number of amides is 1. The van der Waals surface area contributed by atoms with Crippen LogP contribution < -0.4 is 5.32 Å². The van der Waals surface area contributed by atoms with E-state index in [1.54, 1.807) is 0 Å². The van der Waals surface area contributed by atoms with Crippen molar-refractivity contribution in [3.8, 4) is 0 Å². The van der Waals surface area contributed by atoms with E-state index in [0.717, 1.165) is 11.1 Å². The van der Waals surface area contributed by atoms with Gasteiger partial charge in [-0.25, -0.2) is 4.98 Å². The van der Waals surface area contributed by atoms with E-state index >= 15 is 0 Å². The van der Waals surface area contributed by atoms with Gasteiger partial charge in [0.05, 0.1) is 5.39 Å². The van der Waals surface area contributed by atoms with E-state index in [4.69, 9.17) is 0 Å². The fraction of sp³-hybridized carbons (Fsp3) is 0.462. The molecule has 5 nitrogen and oxygen atoms in total. The van der Waals surface area contributed by atoms with E-state index in [-0.39, 0.29) is 11.3 Å². The maximum atomic E-state index is 11.9. The van der Waals surface area contributed by atoms with Crippen LogP contribution in [0.1, 0.15) is 32.9 Å². The Labute approximate surface area is 106 Å². The van der Waals surface area contributed by atoms with Gasteiger partial charge in [0.2, 0.25) is 5.91 Å². The zero-order valence-electron chi connectivity index (χ0n) is 11.2. The zero-order chi connectivity index (χ0) is 13.3. The third kappa shape index (κ3) is 2.85. The summed E-state index contributed by atoms with van der Waals surface area (Å²) in [6, 6.07) is 3.81. The van der Waals surface area contributed by atoms with Crippen LogP contribution in [0.3, 0.4) is 0 Å². The molecule has 0 spiro atoms. The summed E-state index contributed by atoms with van der Waals surface area (Å²) in [5.41, 5.74) is 1.57. The molecule has 0 saturated carbocycles. The van der Waals surface area contributed by atoms with Crippen molar-refractivity contribution in [1.82, 2.24) is 15.2 Å². The SMILES string of the molecule is Cc1ccc2c(NC(=O)CC(C)(C)C)n[nH]c2n1. The molecular formula is C13H18N4O. The van der Waals surface area contributed by atoms with Crippen molar-refractivity contribution < 1.29 is 4.79 Å². The quantitative estimate of drug-likeness (QED) is 0.855. The van der Waals surface area contributed by atoms with Crippen LogP contribution in [-0.2, 0) is 4.79 Å². The summed E-state index contributed by atoms with van der Waals surface area (Å²) in [7, 11) is 0. The smallest absolute Gasteiger partial charge is 0.226 e. The molecule has 2 N–H and O–H groups in total. The van der Waals surface area contributed by atoms with Crippen molar-refractivity contribution in [2.45, 2.75) is 34.1 Å². The maximum Gasteiger partial charge on any atom is 0.226 e. The number of anilines is 1. The molecule has 5 heteroatoms. The van der Waals surface area contributed by atoms with Crippen LogP contribution in [0, 0.1) is 12.3 Å². The highest BCUT2D eigenvalue weighted by molar-refractivity contribution is 5.98. The fourth-order valence-corrected chi connectivity index (χ4v) is 1.76. The molecule has 0 aliphatic carbocycles. The molecule has 0 fully saturated rings. The van der Waals surface area contributed by atoms with Gasteiger partial charge in [-0.1, -0.05) is 20.8 Å². The van der Waals surface area contributed by atoms with Crippen LogP contribution in [0.5, 0.6) is 0 Å². The third-order valence-electron chi connectivity index (χ3n) is 2.51. The first-order valence-electron chi connectivity index (χ1n) is 5.97. The number of pyridine rings is 1. The van der Waals surface area contributed by atoms with Crippen LogP contribution in [-0.4, -0.2) is 21.1 Å². The fourth-order valence-electron chi connectivity index (χ4n) is 1.76. The number of aromatic amines is 1. The lowest BCUT2D eigenvalue weighted by atomic mass is 9.92. The van der Waals surface area contributed by atoms with Crippen LogP contribution >= 0.6 is 0 Å². The van der Waals surface area contributed by atoms with Gasteiger partial charge in [0.1, 0.15) is 0 Å². The van der Waals surface area contributed by atoms with Crippen LogP contribution in [0.4, 0.5) is 5.82 Å². The van der Waals surface area contributed by atoms with Gasteiger partial charge in [0, 0.05) is 12.1 Å². The van der Waals surface area contributed by atoms with E-state index in [0.29, 0.717) is 17.9 Å². The number of carbonyl (C=O) groups excluding carboxylic acids is 1. The van der Waals surface area contributed by atoms with Gasteiger partial charge in [0.25, 0.3) is 0 Å². The number of aromatic nitrogens is 3. The van der Waals surface area contributed by atoms with Gasteiger partial charge in [0.15, 0.2) is 11.5 Å². The molecule has 2 rings (SSSR count). The molecule has 1 amide bonds. The lowest BCUT2D eigenvalue weighted by molar-refractivity contribution is -0.117. The number of fused-ring (bicyclic) bond motifs is 1. The average molecular weight is 246 g/mol. The number of hydrogen-bond donors (Lipinski definition) is 2. The molecule has 0 bridgehead atoms. The van der Waals surface area contributed by atoms with Crippen molar-refractivity contribution in [3.63, 3.8) is 0 Å². The monoisotopic (exact) mass is 246 g/mol. The Kier molecular flexibility index (Phi) is 3.07. The summed E-state index contributed by atoms with van der Waals surface area (Å²) in [5, 5.41) is 10.6. The Hall–Kier alpha value is -1.91. The number of carbonyl (C=O) groups is 1. The molecule has 18 heavy (non-hydrogen) atoms. The zero-order valence-corrected chi connectivity index (χ0v) is 11.2. The summed E-state index contributed by atoms with van der Waals surface area (Å²) in [5.74, 6) is 0.517. The molecule has 0 atom stereocenters. The van der Waals surface area contributed by atoms with Crippen molar-refractivity contribution >= 4 is 22.8 Å². The second kappa shape index (κ2) is 4.40. The molecule has 2 heterocycles. The minimum absolute atomic E-state index is 0.0310. The standard InChI is InChI=1S/C13H18N4O/c1-8-5-6-9-11(14-8)16-17-12(9)15-10(18)7-13(2,3)4/h5-6H,7H2,1-4H3,(H2,14,15,16,17,18). The topological polar surface area (TPSA) is 70.7 Å². The summed E-state index contributed by atoms with van der Waals surface area (Å²) in [6.45, 7) is 8.00. The molecule has 2 aromatic heterocycles. The molecule has 0 aromatic carbocycles. The Morgan fingerprint density at radius 2 is 2.11 bits per heavy atom. The highest BCUT2D eigenvalue weighted by Gasteiger charge is 2.17. The van der Waals surface area contributed by atoms with Crippen molar-refractivity contribution in [3.05, 3.63) is 17.8 Å². The number of rotatable bonds is 2. The highest BCUT2D eigenvalue weighted by Crippen LogP contribution is 2.22. The summed E-state index contributed by atoms with van der Waals surface area (Å²) in [6.07, 6.45) is 0.459. The lowest BCUT2D eigenvalue weighted by Gasteiger charge is -2.16. The second-order valence-electron chi connectivity index (χ2n) is 5.71. The first-order chi connectivity index (χ1) is 8.35. The predicted molar refractivity (Wildman–Crippen MR) is 71.3 cm³/mol. The number of nitrogens with zero attached hydrogens (tertiary/aromatic N) is 2. The van der Waals surface area contributed by atoms with Gasteiger partial charge >= 0.3 is 0 Å². The lowest BCUT2D eigenvalue weighted by Crippen LogP contribution is -2.19. The Bertz CT molecular complexity index is 580. The Morgan fingerprint density at radius 3 is 2.78 bits per heavy atom. The highest BCUT2D eigenvalue weighted by atomic mass is 16.1. The third-order valence-corrected chi connectivity index (χ3v) is 2.51. The molecular weight excluding hydrogens is 228 g/mol. The molecule has 0 aliphatic rings. The number of aryl methyl sites for hydroxylation is 1. The van der Waals surface area contributed by atoms with Crippen molar-refractivity contribution in [2.24, 2.45) is 5.41 Å². The minimum Gasteiger partial charge on any atom is -0.309 e. The normalized spacial score (nSPS) is 11.8. The van der Waals surface area contributed by atoms with Gasteiger partial charge in [-0.05, 0) is 24.5 Å². The molecule has 0 unspecified atom stereocenters. The van der Waals surface area contributed by atoms with E-state index in [1.165, 1.54) is 0 Å². The largest absolute Gasteiger partial charge is 0.309 e. The number of nitrogens with one attached hydrogen (secondary N) is 2. The van der Waals surface area contributed by atoms with Crippen LogP contribution in [0.2, 0.25) is 0 Å². The number of H-pyrrole nitrogens is 1. The second-order valence-corrected chi connectivity index (χ2v) is 5.71. The van der Waals surface area contributed by atoms with Crippen LogP contribution in [0.25, 0.3) is 11.0 Å². The van der Waals surface area contributed by atoms with Crippen molar-refractivity contribution in [1.29, 1.82) is 0 Å². The van der Waals surface area contributed by atoms with Gasteiger partial charge in [-0.3, -0.25) is 9.89 Å². The summed E-state index contributed by atoms with van der Waals surface area (Å²) < 4.78 is 0. The summed E-state index contributed by atoms with van der Waals surface area (Å²) >= 11 is 0. The minimum atomic E-state index is -0.0367. The van der Waals surface area contributed by atoms with Gasteiger partial charge in [-0.2, -0.15) is 5.10 Å². The molecule has 0 aliphatic heterocycles. The van der Waals surface area contributed by atoms with Crippen molar-refractivity contribution in [2.75, 3.05) is 5.32 Å². The Balaban J connectivity index is 2.20. The number of hydrogen-bond acceptors (Lipinski definition) is 3. The Morgan fingerprint density at radius 1 is 1.39 bits per heavy atom. The van der Waals surface area contributed by atoms with Gasteiger partial charge < -0.3 is 5.32 Å². The van der Waals surface area contributed by atoms with Gasteiger partial charge in [-0.15, -0.1) is 0 Å². The van der Waals surface area contributed by atoms with E-state index in [1.807, 2.05) is 39.8 Å². The van der Waals surface area contributed by atoms with E-state index < -0.39 is 0 Å². The first kappa shape index (κ1) is 12.5. The van der Waals surface area contributed by atoms with E-state index in [9.17, 15) is 4.79 Å². The summed E-state index contributed by atoms with van der Waals surface area (Å²) in [4.78, 5) is 16.2. The first-order valence-corrected chi connectivity index (χ1v) is 5.97. The molecule has 0 radical (unpaired) electrons.